The minimum atomic E-state index is -4.69. The van der Waals surface area contributed by atoms with E-state index in [2.05, 4.69) is 19.9 Å². The molecule has 30 heavy (non-hydrogen) atoms. The molecule has 5 heteroatoms. The Morgan fingerprint density at radius 3 is 2.53 bits per heavy atom. The number of rotatable bonds is 4. The van der Waals surface area contributed by atoms with Crippen molar-refractivity contribution < 1.29 is 23.1 Å². The molecule has 0 radical (unpaired) electrons. The standard InChI is InChI=1S/C25H37F3O2/c1-15(4-11-22(29)25(26,27)28)17-7-8-19-18(17)9-10-21-20(19)6-5-16-14-23(2,30)12-13-24(16,21)3/h5,15,17-21,30H,4,6-14H2,1-3H3/t15-,17-,18?,19?,20?,21?,23+,24+/m1/s1. The molecule has 4 rings (SSSR count). The van der Waals surface area contributed by atoms with E-state index in [-0.39, 0.29) is 17.8 Å². The number of alkyl halides is 3. The summed E-state index contributed by atoms with van der Waals surface area (Å²) >= 11 is 0. The van der Waals surface area contributed by atoms with Crippen molar-refractivity contribution in [1.82, 2.24) is 0 Å². The highest BCUT2D eigenvalue weighted by Gasteiger charge is 2.55. The topological polar surface area (TPSA) is 37.3 Å². The number of aliphatic hydroxyl groups is 1. The van der Waals surface area contributed by atoms with Gasteiger partial charge >= 0.3 is 6.18 Å². The molecule has 0 heterocycles. The van der Waals surface area contributed by atoms with Crippen LogP contribution in [-0.4, -0.2) is 22.7 Å². The second kappa shape index (κ2) is 7.64. The number of carbonyl (C=O) groups is 1. The number of allylic oxidation sites excluding steroid dienone is 1. The van der Waals surface area contributed by atoms with Gasteiger partial charge in [-0.2, -0.15) is 13.2 Å². The van der Waals surface area contributed by atoms with Gasteiger partial charge in [-0.3, -0.25) is 4.79 Å². The average molecular weight is 427 g/mol. The summed E-state index contributed by atoms with van der Waals surface area (Å²) in [6, 6.07) is 0. The molecule has 4 unspecified atom stereocenters. The van der Waals surface area contributed by atoms with Crippen molar-refractivity contribution in [3.63, 3.8) is 0 Å². The third kappa shape index (κ3) is 3.89. The maximum atomic E-state index is 12.6. The zero-order valence-corrected chi connectivity index (χ0v) is 18.6. The van der Waals surface area contributed by atoms with Crippen LogP contribution in [0.3, 0.4) is 0 Å². The molecule has 3 fully saturated rings. The normalized spacial score (nSPS) is 44.5. The van der Waals surface area contributed by atoms with Crippen LogP contribution < -0.4 is 0 Å². The summed E-state index contributed by atoms with van der Waals surface area (Å²) in [6.07, 6.45) is 6.21. The van der Waals surface area contributed by atoms with E-state index in [4.69, 9.17) is 0 Å². The van der Waals surface area contributed by atoms with Crippen LogP contribution in [0.1, 0.15) is 85.0 Å². The van der Waals surface area contributed by atoms with Crippen molar-refractivity contribution in [3.05, 3.63) is 11.6 Å². The van der Waals surface area contributed by atoms with E-state index in [9.17, 15) is 23.1 Å². The van der Waals surface area contributed by atoms with Gasteiger partial charge in [0.2, 0.25) is 5.78 Å². The average Bonchev–Trinajstić information content (AvgIpc) is 3.10. The minimum Gasteiger partial charge on any atom is -0.390 e. The number of hydrogen-bond acceptors (Lipinski definition) is 2. The molecule has 8 atom stereocenters. The number of Topliss-reactive ketones (excluding diaryl/α,β-unsaturated/α-hetero) is 1. The molecule has 0 amide bonds. The van der Waals surface area contributed by atoms with Crippen LogP contribution >= 0.6 is 0 Å². The zero-order chi connectivity index (χ0) is 21.9. The molecule has 0 aromatic rings. The number of halogens is 3. The van der Waals surface area contributed by atoms with Crippen LogP contribution in [0.4, 0.5) is 13.2 Å². The Morgan fingerprint density at radius 1 is 1.13 bits per heavy atom. The molecule has 1 N–H and O–H groups in total. The molecule has 0 aromatic heterocycles. The van der Waals surface area contributed by atoms with Gasteiger partial charge in [-0.05, 0) is 106 Å². The fraction of sp³-hybridized carbons (Fsp3) is 0.880. The molecule has 4 aliphatic carbocycles. The fourth-order valence-corrected chi connectivity index (χ4v) is 7.92. The Labute approximate surface area is 178 Å². The van der Waals surface area contributed by atoms with Gasteiger partial charge in [0.15, 0.2) is 0 Å². The monoisotopic (exact) mass is 426 g/mol. The summed E-state index contributed by atoms with van der Waals surface area (Å²) in [4.78, 5) is 11.3. The second-order valence-corrected chi connectivity index (χ2v) is 11.4. The Balaban J connectivity index is 1.43. The van der Waals surface area contributed by atoms with E-state index in [1.54, 1.807) is 0 Å². The van der Waals surface area contributed by atoms with Gasteiger partial charge in [-0.1, -0.05) is 25.5 Å². The van der Waals surface area contributed by atoms with Crippen molar-refractivity contribution in [2.24, 2.45) is 40.9 Å². The molecule has 4 aliphatic rings. The molecule has 3 saturated carbocycles. The Morgan fingerprint density at radius 2 is 1.83 bits per heavy atom. The van der Waals surface area contributed by atoms with E-state index >= 15 is 0 Å². The van der Waals surface area contributed by atoms with Crippen LogP contribution in [0, 0.1) is 40.9 Å². The minimum absolute atomic E-state index is 0.179. The number of ketones is 1. The van der Waals surface area contributed by atoms with Gasteiger partial charge in [0, 0.05) is 6.42 Å². The Bertz CT molecular complexity index is 710. The van der Waals surface area contributed by atoms with E-state index < -0.39 is 17.6 Å². The largest absolute Gasteiger partial charge is 0.449 e. The smallest absolute Gasteiger partial charge is 0.390 e. The van der Waals surface area contributed by atoms with E-state index in [1.165, 1.54) is 24.8 Å². The summed E-state index contributed by atoms with van der Waals surface area (Å²) in [5, 5.41) is 10.6. The van der Waals surface area contributed by atoms with Crippen LogP contribution in [-0.2, 0) is 4.79 Å². The first-order chi connectivity index (χ1) is 13.9. The fourth-order valence-electron chi connectivity index (χ4n) is 7.92. The first kappa shape index (κ1) is 22.4. The van der Waals surface area contributed by atoms with Crippen molar-refractivity contribution in [1.29, 1.82) is 0 Å². The highest BCUT2D eigenvalue weighted by Crippen LogP contribution is 2.63. The summed E-state index contributed by atoms with van der Waals surface area (Å²) < 4.78 is 37.7. The van der Waals surface area contributed by atoms with Crippen LogP contribution in [0.15, 0.2) is 11.6 Å². The van der Waals surface area contributed by atoms with Crippen LogP contribution in [0.5, 0.6) is 0 Å². The lowest BCUT2D eigenvalue weighted by molar-refractivity contribution is -0.171. The maximum absolute atomic E-state index is 12.6. The van der Waals surface area contributed by atoms with Crippen LogP contribution in [0.25, 0.3) is 0 Å². The number of fused-ring (bicyclic) bond motifs is 5. The summed E-state index contributed by atoms with van der Waals surface area (Å²) in [7, 11) is 0. The predicted octanol–water partition coefficient (Wildman–Crippen LogP) is 6.47. The molecule has 0 saturated heterocycles. The molecule has 2 nitrogen and oxygen atoms in total. The summed E-state index contributed by atoms with van der Waals surface area (Å²) in [5.41, 5.74) is 1.10. The zero-order valence-electron chi connectivity index (χ0n) is 18.6. The first-order valence-corrected chi connectivity index (χ1v) is 11.9. The van der Waals surface area contributed by atoms with Gasteiger partial charge in [-0.15, -0.1) is 0 Å². The lowest BCUT2D eigenvalue weighted by atomic mass is 9.49. The third-order valence-electron chi connectivity index (χ3n) is 9.63. The molecule has 0 bridgehead atoms. The SMILES string of the molecule is C[C@H](CCC(=O)C(F)(F)F)[C@H]1CCC2C3CC=C4C[C@@](C)(O)CC[C@]4(C)C3CCC21. The number of hydrogen-bond donors (Lipinski definition) is 1. The highest BCUT2D eigenvalue weighted by molar-refractivity contribution is 5.83. The molecule has 0 spiro atoms. The maximum Gasteiger partial charge on any atom is 0.449 e. The predicted molar refractivity (Wildman–Crippen MR) is 111 cm³/mol. The van der Waals surface area contributed by atoms with E-state index in [0.29, 0.717) is 36.0 Å². The third-order valence-corrected chi connectivity index (χ3v) is 9.63. The van der Waals surface area contributed by atoms with Gasteiger partial charge in [0.25, 0.3) is 0 Å². The Kier molecular flexibility index (Phi) is 5.69. The van der Waals surface area contributed by atoms with Crippen molar-refractivity contribution in [3.8, 4) is 0 Å². The quantitative estimate of drug-likeness (QED) is 0.523. The van der Waals surface area contributed by atoms with Crippen molar-refractivity contribution in [2.45, 2.75) is 96.8 Å². The first-order valence-electron chi connectivity index (χ1n) is 11.9. The molecule has 0 aromatic carbocycles. The van der Waals surface area contributed by atoms with Gasteiger partial charge in [0.1, 0.15) is 0 Å². The number of carbonyl (C=O) groups excluding carboxylic acids is 1. The molecular formula is C25H37F3O2. The van der Waals surface area contributed by atoms with E-state index in [1.807, 2.05) is 6.92 Å². The molecular weight excluding hydrogens is 389 g/mol. The van der Waals surface area contributed by atoms with Gasteiger partial charge < -0.3 is 5.11 Å². The van der Waals surface area contributed by atoms with Gasteiger partial charge in [0.05, 0.1) is 5.60 Å². The Hall–Kier alpha value is -0.840. The molecule has 0 aliphatic heterocycles. The second-order valence-electron chi connectivity index (χ2n) is 11.4. The summed E-state index contributed by atoms with van der Waals surface area (Å²) in [6.45, 7) is 6.44. The molecule has 170 valence electrons. The lowest BCUT2D eigenvalue weighted by Gasteiger charge is -2.56. The van der Waals surface area contributed by atoms with Crippen molar-refractivity contribution in [2.75, 3.05) is 0 Å². The van der Waals surface area contributed by atoms with Gasteiger partial charge in [-0.25, -0.2) is 0 Å². The van der Waals surface area contributed by atoms with E-state index in [0.717, 1.165) is 32.1 Å². The van der Waals surface area contributed by atoms with Crippen LogP contribution in [0.2, 0.25) is 0 Å². The van der Waals surface area contributed by atoms with Crippen molar-refractivity contribution >= 4 is 5.78 Å². The lowest BCUT2D eigenvalue weighted by Crippen LogP contribution is -2.49. The summed E-state index contributed by atoms with van der Waals surface area (Å²) in [5.74, 6) is 1.70. The highest BCUT2D eigenvalue weighted by atomic mass is 19.4.